The standard InChI is InChI=1S/C18H21NO4/c20-18(9-8-15-6-2-10-21-15)19-14-4-1-5-16(12-14)23-13-17-7-3-11-22-17/h1-2,4-6,10,12,17H,3,7-9,11,13H2,(H,19,20). The topological polar surface area (TPSA) is 60.7 Å². The van der Waals surface area contributed by atoms with E-state index in [1.54, 1.807) is 6.26 Å². The maximum absolute atomic E-state index is 12.0. The molecule has 0 saturated carbocycles. The SMILES string of the molecule is O=C(CCc1ccco1)Nc1cccc(OCC2CCCO2)c1. The molecule has 1 saturated heterocycles. The molecule has 1 N–H and O–H groups in total. The van der Waals surface area contributed by atoms with Gasteiger partial charge >= 0.3 is 0 Å². The van der Waals surface area contributed by atoms with Crippen molar-refractivity contribution in [1.29, 1.82) is 0 Å². The Labute approximate surface area is 135 Å². The van der Waals surface area contributed by atoms with E-state index in [0.717, 1.165) is 36.6 Å². The number of nitrogens with one attached hydrogen (secondary N) is 1. The van der Waals surface area contributed by atoms with E-state index in [4.69, 9.17) is 13.9 Å². The molecule has 2 heterocycles. The van der Waals surface area contributed by atoms with E-state index < -0.39 is 0 Å². The van der Waals surface area contributed by atoms with Gasteiger partial charge in [0.05, 0.1) is 12.4 Å². The normalized spacial score (nSPS) is 17.1. The number of amides is 1. The number of benzene rings is 1. The lowest BCUT2D eigenvalue weighted by molar-refractivity contribution is -0.116. The largest absolute Gasteiger partial charge is 0.491 e. The first kappa shape index (κ1) is 15.6. The predicted octanol–water partition coefficient (Wildman–Crippen LogP) is 3.41. The fourth-order valence-corrected chi connectivity index (χ4v) is 2.54. The van der Waals surface area contributed by atoms with Crippen LogP contribution in [0.5, 0.6) is 5.75 Å². The minimum atomic E-state index is -0.0438. The molecule has 0 aliphatic carbocycles. The first-order chi connectivity index (χ1) is 11.3. The van der Waals surface area contributed by atoms with Crippen LogP contribution in [0.1, 0.15) is 25.0 Å². The molecular weight excluding hydrogens is 294 g/mol. The van der Waals surface area contributed by atoms with Crippen molar-refractivity contribution in [3.63, 3.8) is 0 Å². The zero-order valence-corrected chi connectivity index (χ0v) is 13.0. The Morgan fingerprint density at radius 1 is 1.30 bits per heavy atom. The molecule has 1 aliphatic rings. The molecule has 1 aromatic carbocycles. The summed E-state index contributed by atoms with van der Waals surface area (Å²) in [6.45, 7) is 1.37. The Bertz CT molecular complexity index is 618. The van der Waals surface area contributed by atoms with Gasteiger partial charge in [-0.05, 0) is 37.1 Å². The molecule has 0 radical (unpaired) electrons. The van der Waals surface area contributed by atoms with Crippen molar-refractivity contribution in [1.82, 2.24) is 0 Å². The molecule has 1 amide bonds. The molecule has 1 atom stereocenters. The molecule has 122 valence electrons. The van der Waals surface area contributed by atoms with Crippen molar-refractivity contribution >= 4 is 11.6 Å². The second-order valence-electron chi connectivity index (χ2n) is 5.60. The van der Waals surface area contributed by atoms with Crippen LogP contribution in [-0.2, 0) is 16.0 Å². The summed E-state index contributed by atoms with van der Waals surface area (Å²) in [5.74, 6) is 1.51. The predicted molar refractivity (Wildman–Crippen MR) is 86.6 cm³/mol. The summed E-state index contributed by atoms with van der Waals surface area (Å²) in [6, 6.07) is 11.1. The quantitative estimate of drug-likeness (QED) is 0.850. The van der Waals surface area contributed by atoms with Crippen molar-refractivity contribution in [2.75, 3.05) is 18.5 Å². The fourth-order valence-electron chi connectivity index (χ4n) is 2.54. The number of aryl methyl sites for hydroxylation is 1. The Morgan fingerprint density at radius 3 is 3.04 bits per heavy atom. The lowest BCUT2D eigenvalue weighted by Crippen LogP contribution is -2.16. The van der Waals surface area contributed by atoms with Crippen molar-refractivity contribution < 1.29 is 18.7 Å². The Hall–Kier alpha value is -2.27. The Kier molecular flexibility index (Phi) is 5.32. The number of carbonyl (C=O) groups excluding carboxylic acids is 1. The van der Waals surface area contributed by atoms with E-state index in [1.807, 2.05) is 36.4 Å². The maximum Gasteiger partial charge on any atom is 0.224 e. The van der Waals surface area contributed by atoms with Crippen LogP contribution in [0.25, 0.3) is 0 Å². The van der Waals surface area contributed by atoms with Gasteiger partial charge in [0.25, 0.3) is 0 Å². The summed E-state index contributed by atoms with van der Waals surface area (Å²) in [4.78, 5) is 12.0. The van der Waals surface area contributed by atoms with Crippen LogP contribution in [0.2, 0.25) is 0 Å². The third-order valence-corrected chi connectivity index (χ3v) is 3.76. The average molecular weight is 315 g/mol. The summed E-state index contributed by atoms with van der Waals surface area (Å²) in [7, 11) is 0. The van der Waals surface area contributed by atoms with Gasteiger partial charge in [-0.3, -0.25) is 4.79 Å². The number of anilines is 1. The molecule has 2 aromatic rings. The van der Waals surface area contributed by atoms with E-state index >= 15 is 0 Å². The van der Waals surface area contributed by atoms with Gasteiger partial charge in [0.15, 0.2) is 0 Å². The van der Waals surface area contributed by atoms with Gasteiger partial charge in [0.2, 0.25) is 5.91 Å². The fraction of sp³-hybridized carbons (Fsp3) is 0.389. The summed E-state index contributed by atoms with van der Waals surface area (Å²) >= 11 is 0. The summed E-state index contributed by atoms with van der Waals surface area (Å²) in [6.07, 6.45) is 4.91. The van der Waals surface area contributed by atoms with Crippen LogP contribution in [0.15, 0.2) is 47.1 Å². The van der Waals surface area contributed by atoms with Crippen LogP contribution >= 0.6 is 0 Å². The zero-order chi connectivity index (χ0) is 15.9. The van der Waals surface area contributed by atoms with Crippen LogP contribution in [0.3, 0.4) is 0 Å². The number of hydrogen-bond acceptors (Lipinski definition) is 4. The van der Waals surface area contributed by atoms with E-state index in [0.29, 0.717) is 19.4 Å². The van der Waals surface area contributed by atoms with Gasteiger partial charge in [-0.25, -0.2) is 0 Å². The second-order valence-corrected chi connectivity index (χ2v) is 5.60. The van der Waals surface area contributed by atoms with E-state index in [2.05, 4.69) is 5.32 Å². The maximum atomic E-state index is 12.0. The third kappa shape index (κ3) is 4.86. The molecule has 1 aromatic heterocycles. The number of rotatable bonds is 7. The van der Waals surface area contributed by atoms with Crippen LogP contribution < -0.4 is 10.1 Å². The molecular formula is C18H21NO4. The molecule has 1 unspecified atom stereocenters. The third-order valence-electron chi connectivity index (χ3n) is 3.76. The molecule has 3 rings (SSSR count). The average Bonchev–Trinajstić information content (AvgIpc) is 3.25. The summed E-state index contributed by atoms with van der Waals surface area (Å²) in [5, 5.41) is 2.88. The van der Waals surface area contributed by atoms with Crippen LogP contribution in [0, 0.1) is 0 Å². The molecule has 1 aliphatic heterocycles. The van der Waals surface area contributed by atoms with Gasteiger partial charge in [0.1, 0.15) is 18.1 Å². The van der Waals surface area contributed by atoms with Crippen molar-refractivity contribution in [2.24, 2.45) is 0 Å². The smallest absolute Gasteiger partial charge is 0.224 e. The van der Waals surface area contributed by atoms with E-state index in [-0.39, 0.29) is 12.0 Å². The molecule has 5 heteroatoms. The van der Waals surface area contributed by atoms with Crippen molar-refractivity contribution in [2.45, 2.75) is 31.8 Å². The van der Waals surface area contributed by atoms with Gasteiger partial charge < -0.3 is 19.2 Å². The van der Waals surface area contributed by atoms with Gasteiger partial charge in [-0.2, -0.15) is 0 Å². The lowest BCUT2D eigenvalue weighted by Gasteiger charge is -2.12. The van der Waals surface area contributed by atoms with E-state index in [9.17, 15) is 4.79 Å². The first-order valence-corrected chi connectivity index (χ1v) is 7.96. The summed E-state index contributed by atoms with van der Waals surface area (Å²) in [5.41, 5.74) is 0.735. The highest BCUT2D eigenvalue weighted by Gasteiger charge is 2.16. The number of carbonyl (C=O) groups is 1. The summed E-state index contributed by atoms with van der Waals surface area (Å²) < 4.78 is 16.5. The highest BCUT2D eigenvalue weighted by atomic mass is 16.5. The molecule has 5 nitrogen and oxygen atoms in total. The molecule has 23 heavy (non-hydrogen) atoms. The second kappa shape index (κ2) is 7.83. The van der Waals surface area contributed by atoms with Gasteiger partial charge in [-0.1, -0.05) is 6.07 Å². The minimum absolute atomic E-state index is 0.0438. The minimum Gasteiger partial charge on any atom is -0.491 e. The zero-order valence-electron chi connectivity index (χ0n) is 13.0. The number of furan rings is 1. The Balaban J connectivity index is 1.47. The lowest BCUT2D eigenvalue weighted by atomic mass is 10.2. The highest BCUT2D eigenvalue weighted by molar-refractivity contribution is 5.90. The van der Waals surface area contributed by atoms with Gasteiger partial charge in [0, 0.05) is 31.2 Å². The van der Waals surface area contributed by atoms with Gasteiger partial charge in [-0.15, -0.1) is 0 Å². The number of ether oxygens (including phenoxy) is 2. The van der Waals surface area contributed by atoms with Crippen molar-refractivity contribution in [3.8, 4) is 5.75 Å². The first-order valence-electron chi connectivity index (χ1n) is 7.96. The Morgan fingerprint density at radius 2 is 2.26 bits per heavy atom. The monoisotopic (exact) mass is 315 g/mol. The molecule has 0 spiro atoms. The number of hydrogen-bond donors (Lipinski definition) is 1. The van der Waals surface area contributed by atoms with Crippen LogP contribution in [-0.4, -0.2) is 25.2 Å². The molecule has 1 fully saturated rings. The highest BCUT2D eigenvalue weighted by Crippen LogP contribution is 2.20. The van der Waals surface area contributed by atoms with E-state index in [1.165, 1.54) is 0 Å². The van der Waals surface area contributed by atoms with Crippen molar-refractivity contribution in [3.05, 3.63) is 48.4 Å². The van der Waals surface area contributed by atoms with Crippen LogP contribution in [0.4, 0.5) is 5.69 Å². The molecule has 0 bridgehead atoms.